The summed E-state index contributed by atoms with van der Waals surface area (Å²) in [7, 11) is 0. The third kappa shape index (κ3) is 3.90. The van der Waals surface area contributed by atoms with Crippen LogP contribution in [-0.2, 0) is 0 Å². The van der Waals surface area contributed by atoms with Crippen molar-refractivity contribution < 1.29 is 9.84 Å². The Morgan fingerprint density at radius 1 is 1.33 bits per heavy atom. The van der Waals surface area contributed by atoms with Gasteiger partial charge in [-0.15, -0.1) is 0 Å². The molecule has 3 nitrogen and oxygen atoms in total. The first kappa shape index (κ1) is 12.0. The number of rotatable bonds is 6. The molecule has 0 aliphatic heterocycles. The lowest BCUT2D eigenvalue weighted by atomic mass is 10.1. The molecular formula is C12H19NO2. The van der Waals surface area contributed by atoms with Gasteiger partial charge in [0, 0.05) is 12.6 Å². The van der Waals surface area contributed by atoms with E-state index in [9.17, 15) is 0 Å². The Hall–Kier alpha value is -1.06. The van der Waals surface area contributed by atoms with E-state index in [4.69, 9.17) is 9.84 Å². The van der Waals surface area contributed by atoms with E-state index in [0.717, 1.165) is 5.75 Å². The highest BCUT2D eigenvalue weighted by Gasteiger charge is 2.03. The second-order valence-corrected chi connectivity index (χ2v) is 3.40. The Kier molecular flexibility index (Phi) is 5.15. The molecule has 3 heteroatoms. The average molecular weight is 209 g/mol. The number of aliphatic hydroxyl groups excluding tert-OH is 1. The van der Waals surface area contributed by atoms with Gasteiger partial charge in [0.05, 0.1) is 13.2 Å². The molecule has 84 valence electrons. The normalized spacial score (nSPS) is 12.5. The SMILES string of the molecule is CCOc1ccc([C@H](C)NCCO)cc1. The molecule has 0 saturated heterocycles. The van der Waals surface area contributed by atoms with Gasteiger partial charge in [-0.25, -0.2) is 0 Å². The summed E-state index contributed by atoms with van der Waals surface area (Å²) in [5, 5.41) is 11.9. The Bertz CT molecular complexity index is 271. The van der Waals surface area contributed by atoms with Crippen molar-refractivity contribution in [1.29, 1.82) is 0 Å². The van der Waals surface area contributed by atoms with Gasteiger partial charge in [-0.3, -0.25) is 0 Å². The Morgan fingerprint density at radius 2 is 2.00 bits per heavy atom. The lowest BCUT2D eigenvalue weighted by molar-refractivity contribution is 0.286. The molecule has 0 aromatic heterocycles. The molecule has 0 fully saturated rings. The van der Waals surface area contributed by atoms with Gasteiger partial charge < -0.3 is 15.2 Å². The highest BCUT2D eigenvalue weighted by molar-refractivity contribution is 5.28. The van der Waals surface area contributed by atoms with E-state index in [0.29, 0.717) is 13.2 Å². The van der Waals surface area contributed by atoms with E-state index >= 15 is 0 Å². The van der Waals surface area contributed by atoms with Crippen LogP contribution < -0.4 is 10.1 Å². The minimum atomic E-state index is 0.168. The zero-order valence-corrected chi connectivity index (χ0v) is 9.36. The summed E-state index contributed by atoms with van der Waals surface area (Å²) in [5.74, 6) is 0.899. The molecule has 0 spiro atoms. The summed E-state index contributed by atoms with van der Waals surface area (Å²) in [6, 6.07) is 8.28. The van der Waals surface area contributed by atoms with E-state index in [-0.39, 0.29) is 12.6 Å². The van der Waals surface area contributed by atoms with E-state index in [1.165, 1.54) is 5.56 Å². The van der Waals surface area contributed by atoms with Gasteiger partial charge in [-0.05, 0) is 31.5 Å². The predicted molar refractivity (Wildman–Crippen MR) is 61.1 cm³/mol. The van der Waals surface area contributed by atoms with Crippen molar-refractivity contribution >= 4 is 0 Å². The van der Waals surface area contributed by atoms with Gasteiger partial charge >= 0.3 is 0 Å². The first-order valence-electron chi connectivity index (χ1n) is 5.35. The maximum Gasteiger partial charge on any atom is 0.119 e. The Balaban J connectivity index is 2.54. The third-order valence-electron chi connectivity index (χ3n) is 2.25. The number of aliphatic hydroxyl groups is 1. The first-order chi connectivity index (χ1) is 7.27. The number of hydrogen-bond donors (Lipinski definition) is 2. The number of hydrogen-bond acceptors (Lipinski definition) is 3. The highest BCUT2D eigenvalue weighted by atomic mass is 16.5. The fraction of sp³-hybridized carbons (Fsp3) is 0.500. The van der Waals surface area contributed by atoms with Crippen LogP contribution in [0.3, 0.4) is 0 Å². The van der Waals surface area contributed by atoms with Gasteiger partial charge in [0.2, 0.25) is 0 Å². The fourth-order valence-electron chi connectivity index (χ4n) is 1.42. The van der Waals surface area contributed by atoms with E-state index < -0.39 is 0 Å². The zero-order valence-electron chi connectivity index (χ0n) is 9.36. The third-order valence-corrected chi connectivity index (χ3v) is 2.25. The minimum absolute atomic E-state index is 0.168. The first-order valence-corrected chi connectivity index (χ1v) is 5.35. The summed E-state index contributed by atoms with van der Waals surface area (Å²) in [6.07, 6.45) is 0. The van der Waals surface area contributed by atoms with Crippen LogP contribution in [0.25, 0.3) is 0 Å². The van der Waals surface area contributed by atoms with Crippen LogP contribution >= 0.6 is 0 Å². The largest absolute Gasteiger partial charge is 0.494 e. The standard InChI is InChI=1S/C12H19NO2/c1-3-15-12-6-4-11(5-7-12)10(2)13-8-9-14/h4-7,10,13-14H,3,8-9H2,1-2H3/t10-/m0/s1. The van der Waals surface area contributed by atoms with Crippen LogP contribution in [0, 0.1) is 0 Å². The zero-order chi connectivity index (χ0) is 11.1. The van der Waals surface area contributed by atoms with Crippen LogP contribution in [-0.4, -0.2) is 24.9 Å². The molecule has 0 amide bonds. The second-order valence-electron chi connectivity index (χ2n) is 3.40. The van der Waals surface area contributed by atoms with Crippen molar-refractivity contribution in [2.75, 3.05) is 19.8 Å². The number of nitrogens with one attached hydrogen (secondary N) is 1. The Morgan fingerprint density at radius 3 is 2.53 bits per heavy atom. The van der Waals surface area contributed by atoms with Crippen molar-refractivity contribution in [3.8, 4) is 5.75 Å². The molecule has 1 aromatic rings. The molecular weight excluding hydrogens is 190 g/mol. The quantitative estimate of drug-likeness (QED) is 0.749. The Labute approximate surface area is 91.1 Å². The molecule has 0 bridgehead atoms. The number of ether oxygens (including phenoxy) is 1. The summed E-state index contributed by atoms with van der Waals surface area (Å²) in [5.41, 5.74) is 1.20. The van der Waals surface area contributed by atoms with Crippen molar-refractivity contribution in [3.63, 3.8) is 0 Å². The topological polar surface area (TPSA) is 41.5 Å². The smallest absolute Gasteiger partial charge is 0.119 e. The van der Waals surface area contributed by atoms with E-state index in [1.54, 1.807) is 0 Å². The molecule has 0 aliphatic rings. The molecule has 1 rings (SSSR count). The van der Waals surface area contributed by atoms with Crippen LogP contribution in [0.1, 0.15) is 25.5 Å². The predicted octanol–water partition coefficient (Wildman–Crippen LogP) is 1.73. The second kappa shape index (κ2) is 6.43. The summed E-state index contributed by atoms with van der Waals surface area (Å²) in [6.45, 7) is 5.53. The van der Waals surface area contributed by atoms with E-state index in [2.05, 4.69) is 12.2 Å². The van der Waals surface area contributed by atoms with E-state index in [1.807, 2.05) is 31.2 Å². The lowest BCUT2D eigenvalue weighted by Gasteiger charge is -2.13. The summed E-state index contributed by atoms with van der Waals surface area (Å²) >= 11 is 0. The average Bonchev–Trinajstić information content (AvgIpc) is 2.27. The molecule has 0 heterocycles. The molecule has 0 unspecified atom stereocenters. The van der Waals surface area contributed by atoms with Crippen LogP contribution in [0.4, 0.5) is 0 Å². The molecule has 0 radical (unpaired) electrons. The molecule has 1 aromatic carbocycles. The van der Waals surface area contributed by atoms with Gasteiger partial charge in [-0.1, -0.05) is 12.1 Å². The van der Waals surface area contributed by atoms with Crippen LogP contribution in [0.5, 0.6) is 5.75 Å². The highest BCUT2D eigenvalue weighted by Crippen LogP contribution is 2.17. The van der Waals surface area contributed by atoms with Crippen molar-refractivity contribution in [1.82, 2.24) is 5.32 Å². The van der Waals surface area contributed by atoms with Crippen molar-refractivity contribution in [2.45, 2.75) is 19.9 Å². The summed E-state index contributed by atoms with van der Waals surface area (Å²) < 4.78 is 5.36. The molecule has 15 heavy (non-hydrogen) atoms. The minimum Gasteiger partial charge on any atom is -0.494 e. The summed E-state index contributed by atoms with van der Waals surface area (Å²) in [4.78, 5) is 0. The monoisotopic (exact) mass is 209 g/mol. The molecule has 1 atom stereocenters. The maximum absolute atomic E-state index is 8.69. The van der Waals surface area contributed by atoms with Crippen molar-refractivity contribution in [2.24, 2.45) is 0 Å². The van der Waals surface area contributed by atoms with Crippen LogP contribution in [0.2, 0.25) is 0 Å². The molecule has 0 saturated carbocycles. The van der Waals surface area contributed by atoms with Gasteiger partial charge in [-0.2, -0.15) is 0 Å². The fourth-order valence-corrected chi connectivity index (χ4v) is 1.42. The maximum atomic E-state index is 8.69. The van der Waals surface area contributed by atoms with Crippen molar-refractivity contribution in [3.05, 3.63) is 29.8 Å². The number of benzene rings is 1. The van der Waals surface area contributed by atoms with Crippen LogP contribution in [0.15, 0.2) is 24.3 Å². The van der Waals surface area contributed by atoms with Gasteiger partial charge in [0.15, 0.2) is 0 Å². The lowest BCUT2D eigenvalue weighted by Crippen LogP contribution is -2.21. The van der Waals surface area contributed by atoms with Gasteiger partial charge in [0.1, 0.15) is 5.75 Å². The molecule has 2 N–H and O–H groups in total. The molecule has 0 aliphatic carbocycles. The van der Waals surface area contributed by atoms with Gasteiger partial charge in [0.25, 0.3) is 0 Å².